The normalized spacial score (nSPS) is 12.8. The molecule has 1 atom stereocenters. The first-order valence-electron chi connectivity index (χ1n) is 6.02. The molecular weight excluding hydrogens is 236 g/mol. The molecular formula is C11H22N4O3. The van der Waals surface area contributed by atoms with Crippen molar-refractivity contribution < 1.29 is 14.6 Å². The van der Waals surface area contributed by atoms with E-state index in [0.717, 1.165) is 5.69 Å². The SMILES string of the molecule is COCC(CNCc1cn(CCCO)nn1)OC. The van der Waals surface area contributed by atoms with E-state index in [4.69, 9.17) is 14.6 Å². The smallest absolute Gasteiger partial charge is 0.0964 e. The fraction of sp³-hybridized carbons (Fsp3) is 0.818. The molecule has 0 saturated heterocycles. The standard InChI is InChI=1S/C11H22N4O3/c1-17-9-11(18-2)7-12-6-10-8-15(14-13-10)4-3-5-16/h8,11-12,16H,3-7,9H2,1-2H3. The number of nitrogens with one attached hydrogen (secondary N) is 1. The molecule has 1 aromatic heterocycles. The molecule has 0 aromatic carbocycles. The van der Waals surface area contributed by atoms with Gasteiger partial charge in [0.05, 0.1) is 18.4 Å². The lowest BCUT2D eigenvalue weighted by molar-refractivity contribution is 0.0287. The van der Waals surface area contributed by atoms with Crippen LogP contribution in [0.3, 0.4) is 0 Å². The Kier molecular flexibility index (Phi) is 7.51. The number of hydrogen-bond donors (Lipinski definition) is 2. The molecule has 0 saturated carbocycles. The minimum atomic E-state index is 0.0411. The molecule has 104 valence electrons. The maximum absolute atomic E-state index is 8.71. The number of nitrogens with zero attached hydrogens (tertiary/aromatic N) is 3. The van der Waals surface area contributed by atoms with Crippen LogP contribution in [0.4, 0.5) is 0 Å². The summed E-state index contributed by atoms with van der Waals surface area (Å²) in [6.45, 7) is 2.76. The van der Waals surface area contributed by atoms with E-state index < -0.39 is 0 Å². The van der Waals surface area contributed by atoms with Gasteiger partial charge in [0, 0.05) is 46.7 Å². The molecule has 0 amide bonds. The molecule has 0 spiro atoms. The zero-order chi connectivity index (χ0) is 13.2. The largest absolute Gasteiger partial charge is 0.396 e. The van der Waals surface area contributed by atoms with Gasteiger partial charge in [0.25, 0.3) is 0 Å². The Labute approximate surface area is 107 Å². The van der Waals surface area contributed by atoms with Crippen molar-refractivity contribution in [1.82, 2.24) is 20.3 Å². The number of aryl methyl sites for hydroxylation is 1. The van der Waals surface area contributed by atoms with E-state index >= 15 is 0 Å². The van der Waals surface area contributed by atoms with E-state index in [-0.39, 0.29) is 12.7 Å². The molecule has 7 heteroatoms. The van der Waals surface area contributed by atoms with Crippen molar-refractivity contribution in [1.29, 1.82) is 0 Å². The topological polar surface area (TPSA) is 81.4 Å². The van der Waals surface area contributed by atoms with Crippen molar-refractivity contribution >= 4 is 0 Å². The number of aliphatic hydroxyl groups is 1. The Morgan fingerprint density at radius 1 is 1.50 bits per heavy atom. The van der Waals surface area contributed by atoms with Crippen molar-refractivity contribution in [2.24, 2.45) is 0 Å². The molecule has 1 aromatic rings. The van der Waals surface area contributed by atoms with E-state index in [0.29, 0.717) is 32.7 Å². The molecule has 1 heterocycles. The highest BCUT2D eigenvalue weighted by Gasteiger charge is 2.06. The highest BCUT2D eigenvalue weighted by atomic mass is 16.5. The quantitative estimate of drug-likeness (QED) is 0.584. The Balaban J connectivity index is 2.24. The van der Waals surface area contributed by atoms with Gasteiger partial charge in [-0.3, -0.25) is 4.68 Å². The summed E-state index contributed by atoms with van der Waals surface area (Å²) < 4.78 is 12.0. The summed E-state index contributed by atoms with van der Waals surface area (Å²) in [5.74, 6) is 0. The third-order valence-corrected chi connectivity index (χ3v) is 2.50. The van der Waals surface area contributed by atoms with Gasteiger partial charge in [0.2, 0.25) is 0 Å². The van der Waals surface area contributed by atoms with Crippen LogP contribution in [0.2, 0.25) is 0 Å². The Hall–Kier alpha value is -1.02. The van der Waals surface area contributed by atoms with Crippen LogP contribution < -0.4 is 5.32 Å². The predicted molar refractivity (Wildman–Crippen MR) is 66.1 cm³/mol. The molecule has 0 bridgehead atoms. The van der Waals surface area contributed by atoms with Crippen molar-refractivity contribution in [3.63, 3.8) is 0 Å². The van der Waals surface area contributed by atoms with Gasteiger partial charge in [-0.05, 0) is 6.42 Å². The Bertz CT molecular complexity index is 319. The van der Waals surface area contributed by atoms with Gasteiger partial charge in [-0.15, -0.1) is 5.10 Å². The van der Waals surface area contributed by atoms with Gasteiger partial charge >= 0.3 is 0 Å². The number of methoxy groups -OCH3 is 2. The second-order valence-corrected chi connectivity index (χ2v) is 3.99. The second kappa shape index (κ2) is 8.98. The van der Waals surface area contributed by atoms with E-state index in [1.54, 1.807) is 18.9 Å². The molecule has 0 fully saturated rings. The van der Waals surface area contributed by atoms with Crippen LogP contribution in [0, 0.1) is 0 Å². The molecule has 0 aliphatic heterocycles. The molecule has 0 radical (unpaired) electrons. The highest BCUT2D eigenvalue weighted by Crippen LogP contribution is 1.95. The van der Waals surface area contributed by atoms with Crippen LogP contribution in [0.25, 0.3) is 0 Å². The second-order valence-electron chi connectivity index (χ2n) is 3.99. The fourth-order valence-electron chi connectivity index (χ4n) is 1.52. The molecule has 1 unspecified atom stereocenters. The Morgan fingerprint density at radius 3 is 3.00 bits per heavy atom. The zero-order valence-corrected chi connectivity index (χ0v) is 11.0. The molecule has 7 nitrogen and oxygen atoms in total. The van der Waals surface area contributed by atoms with Gasteiger partial charge in [-0.25, -0.2) is 0 Å². The van der Waals surface area contributed by atoms with Crippen molar-refractivity contribution in [2.75, 3.05) is 34.0 Å². The fourth-order valence-corrected chi connectivity index (χ4v) is 1.52. The van der Waals surface area contributed by atoms with Crippen LogP contribution in [-0.4, -0.2) is 60.2 Å². The maximum atomic E-state index is 8.71. The van der Waals surface area contributed by atoms with Crippen LogP contribution in [0.5, 0.6) is 0 Å². The third-order valence-electron chi connectivity index (χ3n) is 2.50. The van der Waals surface area contributed by atoms with Gasteiger partial charge in [-0.2, -0.15) is 0 Å². The average Bonchev–Trinajstić information content (AvgIpc) is 2.83. The first-order valence-corrected chi connectivity index (χ1v) is 6.02. The number of aliphatic hydroxyl groups excluding tert-OH is 1. The third kappa shape index (κ3) is 5.54. The summed E-state index contributed by atoms with van der Waals surface area (Å²) in [6, 6.07) is 0. The van der Waals surface area contributed by atoms with Crippen molar-refractivity contribution in [2.45, 2.75) is 25.6 Å². The van der Waals surface area contributed by atoms with E-state index in [9.17, 15) is 0 Å². The first kappa shape index (κ1) is 15.0. The van der Waals surface area contributed by atoms with Crippen LogP contribution >= 0.6 is 0 Å². The summed E-state index contributed by atoms with van der Waals surface area (Å²) in [6.07, 6.45) is 2.61. The minimum absolute atomic E-state index is 0.0411. The number of hydrogen-bond acceptors (Lipinski definition) is 6. The van der Waals surface area contributed by atoms with E-state index in [1.165, 1.54) is 0 Å². The Morgan fingerprint density at radius 2 is 2.33 bits per heavy atom. The average molecular weight is 258 g/mol. The maximum Gasteiger partial charge on any atom is 0.0964 e. The zero-order valence-electron chi connectivity index (χ0n) is 11.0. The summed E-state index contributed by atoms with van der Waals surface area (Å²) in [5.41, 5.74) is 0.875. The van der Waals surface area contributed by atoms with E-state index in [2.05, 4.69) is 15.6 Å². The predicted octanol–water partition coefficient (Wildman–Crippen LogP) is -0.588. The highest BCUT2D eigenvalue weighted by molar-refractivity contribution is 4.91. The summed E-state index contributed by atoms with van der Waals surface area (Å²) in [7, 11) is 3.31. The number of ether oxygens (including phenoxy) is 2. The van der Waals surface area contributed by atoms with Crippen molar-refractivity contribution in [3.05, 3.63) is 11.9 Å². The summed E-state index contributed by atoms with van der Waals surface area (Å²) >= 11 is 0. The van der Waals surface area contributed by atoms with Crippen LogP contribution in [-0.2, 0) is 22.6 Å². The minimum Gasteiger partial charge on any atom is -0.396 e. The first-order chi connectivity index (χ1) is 8.80. The van der Waals surface area contributed by atoms with Gasteiger partial charge in [0.1, 0.15) is 0 Å². The van der Waals surface area contributed by atoms with Crippen molar-refractivity contribution in [3.8, 4) is 0 Å². The lowest BCUT2D eigenvalue weighted by Gasteiger charge is -2.14. The molecule has 1 rings (SSSR count). The lowest BCUT2D eigenvalue weighted by atomic mass is 10.3. The molecule has 0 aliphatic carbocycles. The van der Waals surface area contributed by atoms with Crippen LogP contribution in [0.1, 0.15) is 12.1 Å². The van der Waals surface area contributed by atoms with E-state index in [1.807, 2.05) is 6.20 Å². The summed E-state index contributed by atoms with van der Waals surface area (Å²) in [5, 5.41) is 20.0. The van der Waals surface area contributed by atoms with Gasteiger partial charge < -0.3 is 19.9 Å². The van der Waals surface area contributed by atoms with Gasteiger partial charge in [-0.1, -0.05) is 5.21 Å². The molecule has 2 N–H and O–H groups in total. The lowest BCUT2D eigenvalue weighted by Crippen LogP contribution is -2.31. The number of aromatic nitrogens is 3. The van der Waals surface area contributed by atoms with Crippen LogP contribution in [0.15, 0.2) is 6.20 Å². The monoisotopic (exact) mass is 258 g/mol. The molecule has 0 aliphatic rings. The molecule has 18 heavy (non-hydrogen) atoms. The number of rotatable bonds is 10. The van der Waals surface area contributed by atoms with Gasteiger partial charge in [0.15, 0.2) is 0 Å². The summed E-state index contributed by atoms with van der Waals surface area (Å²) in [4.78, 5) is 0.